The van der Waals surface area contributed by atoms with Gasteiger partial charge in [-0.25, -0.2) is 0 Å². The largest absolute Gasteiger partial charge is 0.356 e. The van der Waals surface area contributed by atoms with Crippen LogP contribution in [0.3, 0.4) is 0 Å². The van der Waals surface area contributed by atoms with Crippen molar-refractivity contribution in [3.63, 3.8) is 0 Å². The third kappa shape index (κ3) is 10.5. The predicted octanol–water partition coefficient (Wildman–Crippen LogP) is 0.496. The van der Waals surface area contributed by atoms with Crippen LogP contribution in [0.1, 0.15) is 52.4 Å². The molecule has 6 nitrogen and oxygen atoms in total. The molecule has 0 fully saturated rings. The molecule has 2 amide bonds. The van der Waals surface area contributed by atoms with Gasteiger partial charge >= 0.3 is 0 Å². The van der Waals surface area contributed by atoms with Crippen molar-refractivity contribution in [2.75, 3.05) is 13.1 Å². The van der Waals surface area contributed by atoms with E-state index in [-0.39, 0.29) is 23.6 Å². The molecule has 0 heterocycles. The van der Waals surface area contributed by atoms with E-state index in [1.165, 1.54) is 6.92 Å². The van der Waals surface area contributed by atoms with Crippen LogP contribution < -0.4 is 16.4 Å². The number of ketones is 1. The Morgan fingerprint density at radius 3 is 2.20 bits per heavy atom. The first-order chi connectivity index (χ1) is 9.47. The van der Waals surface area contributed by atoms with Crippen molar-refractivity contribution < 1.29 is 14.4 Å². The highest BCUT2D eigenvalue weighted by molar-refractivity contribution is 5.81. The molecule has 0 aromatic carbocycles. The Balaban J connectivity index is 3.45. The third-order valence-corrected chi connectivity index (χ3v) is 2.94. The van der Waals surface area contributed by atoms with Gasteiger partial charge in [-0.15, -0.1) is 0 Å². The molecule has 0 aliphatic rings. The zero-order valence-electron chi connectivity index (χ0n) is 12.5. The van der Waals surface area contributed by atoms with Crippen LogP contribution in [-0.4, -0.2) is 36.7 Å². The summed E-state index contributed by atoms with van der Waals surface area (Å²) in [5.74, 6) is -0.0898. The number of Topliss-reactive ketones (excluding diaryl/α,β-unsaturated/α-hetero) is 1. The summed E-state index contributed by atoms with van der Waals surface area (Å²) in [6.07, 6.45) is 3.86. The molecule has 0 aliphatic heterocycles. The first-order valence-electron chi connectivity index (χ1n) is 7.26. The average Bonchev–Trinajstić information content (AvgIpc) is 2.38. The topological polar surface area (TPSA) is 101 Å². The minimum atomic E-state index is -0.389. The Kier molecular flexibility index (Phi) is 10.6. The van der Waals surface area contributed by atoms with Crippen LogP contribution in [0.2, 0.25) is 0 Å². The Bertz CT molecular complexity index is 319. The van der Waals surface area contributed by atoms with E-state index in [2.05, 4.69) is 10.6 Å². The summed E-state index contributed by atoms with van der Waals surface area (Å²) in [6, 6.07) is -0.389. The molecular formula is C14H27N3O3. The maximum atomic E-state index is 11.4. The first-order valence-corrected chi connectivity index (χ1v) is 7.26. The number of amides is 2. The van der Waals surface area contributed by atoms with Crippen LogP contribution in [0.25, 0.3) is 0 Å². The second-order valence-corrected chi connectivity index (χ2v) is 4.91. The maximum absolute atomic E-state index is 11.4. The molecule has 0 rings (SSSR count). The highest BCUT2D eigenvalue weighted by Crippen LogP contribution is 1.99. The lowest BCUT2D eigenvalue weighted by Gasteiger charge is -2.08. The quantitative estimate of drug-likeness (QED) is 0.481. The van der Waals surface area contributed by atoms with Gasteiger partial charge in [-0.05, 0) is 32.6 Å². The zero-order chi connectivity index (χ0) is 15.4. The zero-order valence-corrected chi connectivity index (χ0v) is 12.5. The smallest absolute Gasteiger partial charge is 0.221 e. The van der Waals surface area contributed by atoms with Gasteiger partial charge in [-0.1, -0.05) is 6.92 Å². The van der Waals surface area contributed by atoms with Crippen LogP contribution >= 0.6 is 0 Å². The Morgan fingerprint density at radius 2 is 1.60 bits per heavy atom. The van der Waals surface area contributed by atoms with Gasteiger partial charge in [0.2, 0.25) is 11.8 Å². The summed E-state index contributed by atoms with van der Waals surface area (Å²) < 4.78 is 0. The molecule has 1 unspecified atom stereocenters. The molecule has 0 aliphatic carbocycles. The lowest BCUT2D eigenvalue weighted by Crippen LogP contribution is -2.31. The van der Waals surface area contributed by atoms with Crippen molar-refractivity contribution in [1.82, 2.24) is 10.6 Å². The molecule has 0 aromatic heterocycles. The summed E-state index contributed by atoms with van der Waals surface area (Å²) >= 11 is 0. The molecule has 0 radical (unpaired) electrons. The van der Waals surface area contributed by atoms with Crippen molar-refractivity contribution in [2.24, 2.45) is 5.73 Å². The van der Waals surface area contributed by atoms with Gasteiger partial charge < -0.3 is 16.4 Å². The molecule has 20 heavy (non-hydrogen) atoms. The minimum absolute atomic E-state index is 0.00291. The van der Waals surface area contributed by atoms with Crippen molar-refractivity contribution in [1.29, 1.82) is 0 Å². The lowest BCUT2D eigenvalue weighted by molar-refractivity contribution is -0.122. The van der Waals surface area contributed by atoms with Crippen LogP contribution in [0.5, 0.6) is 0 Å². The van der Waals surface area contributed by atoms with Crippen molar-refractivity contribution >= 4 is 17.6 Å². The van der Waals surface area contributed by atoms with Crippen LogP contribution in [0, 0.1) is 0 Å². The maximum Gasteiger partial charge on any atom is 0.221 e. The Hall–Kier alpha value is -1.43. The summed E-state index contributed by atoms with van der Waals surface area (Å²) in [5.41, 5.74) is 5.60. The molecule has 0 saturated heterocycles. The van der Waals surface area contributed by atoms with E-state index in [0.29, 0.717) is 32.4 Å². The van der Waals surface area contributed by atoms with Crippen molar-refractivity contribution in [3.05, 3.63) is 0 Å². The number of hydrogen-bond donors (Lipinski definition) is 3. The fraction of sp³-hybridized carbons (Fsp3) is 0.786. The number of nitrogens with two attached hydrogens (primary N) is 1. The number of carbonyl (C=O) groups is 3. The van der Waals surface area contributed by atoms with Gasteiger partial charge in [-0.2, -0.15) is 0 Å². The Labute approximate surface area is 120 Å². The lowest BCUT2D eigenvalue weighted by atomic mass is 10.1. The molecule has 116 valence electrons. The van der Waals surface area contributed by atoms with E-state index >= 15 is 0 Å². The molecular weight excluding hydrogens is 258 g/mol. The third-order valence-electron chi connectivity index (χ3n) is 2.94. The average molecular weight is 285 g/mol. The summed E-state index contributed by atoms with van der Waals surface area (Å²) in [5, 5.41) is 5.47. The molecule has 4 N–H and O–H groups in total. The van der Waals surface area contributed by atoms with E-state index in [0.717, 1.165) is 19.3 Å². The Morgan fingerprint density at radius 1 is 1.00 bits per heavy atom. The minimum Gasteiger partial charge on any atom is -0.356 e. The second-order valence-electron chi connectivity index (χ2n) is 4.91. The highest BCUT2D eigenvalue weighted by Gasteiger charge is 2.07. The van der Waals surface area contributed by atoms with Gasteiger partial charge in [0.1, 0.15) is 5.78 Å². The van der Waals surface area contributed by atoms with Gasteiger partial charge in [0.05, 0.1) is 6.04 Å². The molecule has 1 atom stereocenters. The first kappa shape index (κ1) is 18.6. The van der Waals surface area contributed by atoms with E-state index in [1.54, 1.807) is 0 Å². The molecule has 0 spiro atoms. The fourth-order valence-corrected chi connectivity index (χ4v) is 1.64. The summed E-state index contributed by atoms with van der Waals surface area (Å²) in [4.78, 5) is 33.5. The predicted molar refractivity (Wildman–Crippen MR) is 78.1 cm³/mol. The van der Waals surface area contributed by atoms with Crippen molar-refractivity contribution in [2.45, 2.75) is 58.4 Å². The highest BCUT2D eigenvalue weighted by atomic mass is 16.2. The van der Waals surface area contributed by atoms with E-state index < -0.39 is 0 Å². The van der Waals surface area contributed by atoms with Crippen LogP contribution in [0.15, 0.2) is 0 Å². The molecule has 0 aromatic rings. The molecule has 0 bridgehead atoms. The number of nitrogens with one attached hydrogen (secondary N) is 2. The van der Waals surface area contributed by atoms with Crippen molar-refractivity contribution in [3.8, 4) is 0 Å². The van der Waals surface area contributed by atoms with Gasteiger partial charge in [0.15, 0.2) is 0 Å². The summed E-state index contributed by atoms with van der Waals surface area (Å²) in [6.45, 7) is 4.37. The molecule has 0 saturated carbocycles. The number of rotatable bonds is 11. The van der Waals surface area contributed by atoms with Crippen LogP contribution in [-0.2, 0) is 14.4 Å². The van der Waals surface area contributed by atoms with Gasteiger partial charge in [0.25, 0.3) is 0 Å². The number of unbranched alkanes of at least 4 members (excludes halogenated alkanes) is 1. The van der Waals surface area contributed by atoms with Crippen LogP contribution in [0.4, 0.5) is 0 Å². The monoisotopic (exact) mass is 285 g/mol. The number of hydrogen-bond acceptors (Lipinski definition) is 4. The standard InChI is InChI=1S/C14H27N3O3/c1-3-6-13(19)17-10-8-14(20)16-9-5-4-7-12(15)11(2)18/h12H,3-10,15H2,1-2H3,(H,16,20)(H,17,19). The molecule has 6 heteroatoms. The van der Waals surface area contributed by atoms with Gasteiger partial charge in [0, 0.05) is 25.9 Å². The normalized spacial score (nSPS) is 11.8. The second kappa shape index (κ2) is 11.4. The fourth-order valence-electron chi connectivity index (χ4n) is 1.64. The van der Waals surface area contributed by atoms with E-state index in [4.69, 9.17) is 5.73 Å². The SMILES string of the molecule is CCCC(=O)NCCC(=O)NCCCCC(N)C(C)=O. The van der Waals surface area contributed by atoms with E-state index in [1.807, 2.05) is 6.92 Å². The number of carbonyl (C=O) groups excluding carboxylic acids is 3. The van der Waals surface area contributed by atoms with Gasteiger partial charge in [-0.3, -0.25) is 14.4 Å². The summed E-state index contributed by atoms with van der Waals surface area (Å²) in [7, 11) is 0. The van der Waals surface area contributed by atoms with E-state index in [9.17, 15) is 14.4 Å².